The molecule has 0 aromatic rings. The van der Waals surface area contributed by atoms with Gasteiger partial charge in [0.1, 0.15) is 24.4 Å². The van der Waals surface area contributed by atoms with Gasteiger partial charge in [0.2, 0.25) is 5.91 Å². The molecule has 0 radical (unpaired) electrons. The first-order chi connectivity index (χ1) is 33.3. The van der Waals surface area contributed by atoms with Crippen molar-refractivity contribution in [3.63, 3.8) is 0 Å². The Hall–Kier alpha value is -3.93. The molecule has 9 nitrogen and oxygen atoms in total. The lowest BCUT2D eigenvalue weighted by Gasteiger charge is -2.40. The second-order valence-electron chi connectivity index (χ2n) is 17.2. The topological polar surface area (TPSA) is 149 Å². The highest BCUT2D eigenvalue weighted by Gasteiger charge is 2.44. The molecule has 9 heteroatoms. The van der Waals surface area contributed by atoms with Crippen LogP contribution in [0.1, 0.15) is 162 Å². The molecule has 0 aliphatic carbocycles. The number of ether oxygens (including phenoxy) is 2. The average molecular weight is 944 g/mol. The van der Waals surface area contributed by atoms with E-state index in [1.165, 1.54) is 25.7 Å². The number of aliphatic hydroxyl groups excluding tert-OH is 5. The Bertz CT molecular complexity index is 1560. The monoisotopic (exact) mass is 944 g/mol. The first kappa shape index (κ1) is 62.1. The zero-order valence-corrected chi connectivity index (χ0v) is 42.0. The molecule has 7 unspecified atom stereocenters. The van der Waals surface area contributed by atoms with Crippen molar-refractivity contribution in [2.75, 3.05) is 13.2 Å². The van der Waals surface area contributed by atoms with Crippen molar-refractivity contribution in [3.05, 3.63) is 146 Å². The van der Waals surface area contributed by atoms with Crippen LogP contribution in [0, 0.1) is 0 Å². The number of unbranched alkanes of at least 4 members (excludes halogenated alkanes) is 9. The smallest absolute Gasteiger partial charge is 0.220 e. The molecule has 1 fully saturated rings. The van der Waals surface area contributed by atoms with E-state index in [2.05, 4.69) is 153 Å². The lowest BCUT2D eigenvalue weighted by molar-refractivity contribution is -0.302. The van der Waals surface area contributed by atoms with Gasteiger partial charge in [0.05, 0.1) is 25.4 Å². The van der Waals surface area contributed by atoms with Crippen molar-refractivity contribution in [3.8, 4) is 0 Å². The van der Waals surface area contributed by atoms with Gasteiger partial charge in [0.25, 0.3) is 0 Å². The van der Waals surface area contributed by atoms with Crippen molar-refractivity contribution in [2.45, 2.75) is 204 Å². The fraction of sp³-hybridized carbons (Fsp3) is 0.576. The van der Waals surface area contributed by atoms with Crippen LogP contribution < -0.4 is 5.32 Å². The van der Waals surface area contributed by atoms with E-state index in [1.807, 2.05) is 6.08 Å². The Morgan fingerprint density at radius 1 is 0.515 bits per heavy atom. The predicted octanol–water partition coefficient (Wildman–Crippen LogP) is 12.3. The van der Waals surface area contributed by atoms with E-state index in [0.717, 1.165) is 109 Å². The van der Waals surface area contributed by atoms with Gasteiger partial charge in [-0.25, -0.2) is 0 Å². The minimum absolute atomic E-state index is 0.213. The molecule has 6 N–H and O–H groups in total. The van der Waals surface area contributed by atoms with Gasteiger partial charge in [-0.2, -0.15) is 0 Å². The molecule has 1 heterocycles. The molecule has 0 aromatic heterocycles. The summed E-state index contributed by atoms with van der Waals surface area (Å²) in [5.41, 5.74) is 0. The van der Waals surface area contributed by atoms with E-state index < -0.39 is 49.5 Å². The molecule has 0 spiro atoms. The molecule has 1 aliphatic heterocycles. The molecule has 1 aliphatic rings. The Morgan fingerprint density at radius 2 is 0.912 bits per heavy atom. The van der Waals surface area contributed by atoms with Crippen LogP contribution in [0.2, 0.25) is 0 Å². The molecule has 1 amide bonds. The fourth-order valence-corrected chi connectivity index (χ4v) is 7.04. The van der Waals surface area contributed by atoms with Crippen LogP contribution in [-0.4, -0.2) is 87.5 Å². The Morgan fingerprint density at radius 3 is 1.35 bits per heavy atom. The summed E-state index contributed by atoms with van der Waals surface area (Å²) in [6.45, 7) is 3.56. The van der Waals surface area contributed by atoms with E-state index in [-0.39, 0.29) is 12.5 Å². The largest absolute Gasteiger partial charge is 0.394 e. The van der Waals surface area contributed by atoms with Gasteiger partial charge in [0, 0.05) is 6.42 Å². The van der Waals surface area contributed by atoms with Gasteiger partial charge >= 0.3 is 0 Å². The number of rotatable bonds is 41. The lowest BCUT2D eigenvalue weighted by Crippen LogP contribution is -2.60. The van der Waals surface area contributed by atoms with Gasteiger partial charge < -0.3 is 40.3 Å². The molecule has 0 bridgehead atoms. The summed E-state index contributed by atoms with van der Waals surface area (Å²) in [4.78, 5) is 12.9. The van der Waals surface area contributed by atoms with Crippen molar-refractivity contribution < 1.29 is 39.8 Å². The lowest BCUT2D eigenvalue weighted by atomic mass is 9.99. The minimum Gasteiger partial charge on any atom is -0.394 e. The van der Waals surface area contributed by atoms with Crippen LogP contribution in [0.5, 0.6) is 0 Å². The Balaban J connectivity index is 2.20. The van der Waals surface area contributed by atoms with Crippen molar-refractivity contribution in [2.24, 2.45) is 0 Å². The highest BCUT2D eigenvalue weighted by molar-refractivity contribution is 5.76. The van der Waals surface area contributed by atoms with E-state index in [9.17, 15) is 30.3 Å². The summed E-state index contributed by atoms with van der Waals surface area (Å²) in [6.07, 6.45) is 66.4. The van der Waals surface area contributed by atoms with Crippen LogP contribution in [-0.2, 0) is 14.3 Å². The standard InChI is InChI=1S/C59H93NO8/c1-3-5-7-9-11-13-14-15-16-17-18-19-20-21-22-23-24-25-26-27-28-29-30-31-32-33-34-35-36-37-38-39-40-41-43-45-47-49-55(63)60-52(53(62)48-46-44-42-12-10-8-6-4-2)51-67-59-58(66)57(65)56(64)54(50-61)68-59/h5,7,11,13,15-16,18-19,21-22,24-25,27-28,30-31,33-34,36-37,39-40,46,48,52-54,56-59,61-62,64-66H,3-4,6,8-10,12,14,17,20,23,26,29,32,35,38,41-45,47,49-51H2,1-2H3,(H,60,63)/b7-5-,13-11-,16-15-,19-18-,22-21-,25-24-,28-27-,31-30-,34-33-,37-36-,40-39-,48-46+. The first-order valence-corrected chi connectivity index (χ1v) is 26.1. The molecule has 7 atom stereocenters. The number of nitrogens with one attached hydrogen (secondary N) is 1. The van der Waals surface area contributed by atoms with Crippen molar-refractivity contribution >= 4 is 5.91 Å². The van der Waals surface area contributed by atoms with E-state index in [0.29, 0.717) is 12.8 Å². The molecule has 0 saturated carbocycles. The normalized spacial score (nSPS) is 20.8. The van der Waals surface area contributed by atoms with Crippen LogP contribution in [0.3, 0.4) is 0 Å². The molecule has 1 saturated heterocycles. The van der Waals surface area contributed by atoms with Gasteiger partial charge in [-0.15, -0.1) is 0 Å². The van der Waals surface area contributed by atoms with E-state index in [1.54, 1.807) is 6.08 Å². The maximum atomic E-state index is 12.9. The molecule has 382 valence electrons. The number of aliphatic hydroxyl groups is 5. The molecule has 68 heavy (non-hydrogen) atoms. The van der Waals surface area contributed by atoms with Gasteiger partial charge in [-0.1, -0.05) is 198 Å². The zero-order valence-electron chi connectivity index (χ0n) is 42.0. The molecular weight excluding hydrogens is 851 g/mol. The quantitative estimate of drug-likeness (QED) is 0.0262. The Labute approximate surface area is 413 Å². The second-order valence-corrected chi connectivity index (χ2v) is 17.2. The van der Waals surface area contributed by atoms with E-state index in [4.69, 9.17) is 9.47 Å². The number of carbonyl (C=O) groups excluding carboxylic acids is 1. The number of allylic oxidation sites excluding steroid dienone is 23. The zero-order chi connectivity index (χ0) is 49.4. The first-order valence-electron chi connectivity index (χ1n) is 26.1. The fourth-order valence-electron chi connectivity index (χ4n) is 7.04. The summed E-state index contributed by atoms with van der Waals surface area (Å²) in [7, 11) is 0. The average Bonchev–Trinajstić information content (AvgIpc) is 3.34. The van der Waals surface area contributed by atoms with Crippen LogP contribution >= 0.6 is 0 Å². The van der Waals surface area contributed by atoms with Gasteiger partial charge in [0.15, 0.2) is 6.29 Å². The number of hydrogen-bond donors (Lipinski definition) is 6. The summed E-state index contributed by atoms with van der Waals surface area (Å²) >= 11 is 0. The van der Waals surface area contributed by atoms with Crippen LogP contribution in [0.25, 0.3) is 0 Å². The third kappa shape index (κ3) is 36.1. The van der Waals surface area contributed by atoms with Crippen molar-refractivity contribution in [1.29, 1.82) is 0 Å². The molecule has 1 rings (SSSR count). The minimum atomic E-state index is -1.58. The summed E-state index contributed by atoms with van der Waals surface area (Å²) in [5, 5.41) is 54.0. The third-order valence-electron chi connectivity index (χ3n) is 11.2. The van der Waals surface area contributed by atoms with E-state index >= 15 is 0 Å². The number of carbonyl (C=O) groups is 1. The summed E-state index contributed by atoms with van der Waals surface area (Å²) < 4.78 is 11.2. The Kier molecular flexibility index (Phi) is 42.7. The van der Waals surface area contributed by atoms with Crippen LogP contribution in [0.15, 0.2) is 146 Å². The molecular formula is C59H93NO8. The summed E-state index contributed by atoms with van der Waals surface area (Å²) in [6, 6.07) is -0.831. The van der Waals surface area contributed by atoms with Gasteiger partial charge in [-0.05, 0) is 103 Å². The highest BCUT2D eigenvalue weighted by Crippen LogP contribution is 2.22. The highest BCUT2D eigenvalue weighted by atomic mass is 16.7. The van der Waals surface area contributed by atoms with Gasteiger partial charge in [-0.3, -0.25) is 4.79 Å². The number of hydrogen-bond acceptors (Lipinski definition) is 8. The third-order valence-corrected chi connectivity index (χ3v) is 11.2. The second kappa shape index (κ2) is 46.8. The SMILES string of the molecule is CC/C=C\C/C=C\C/C=C\C/C=C\C/C=C\C/C=C\C/C=C\C/C=C\C/C=C\C/C=C\C/C=C\CCCCCC(=O)NC(COC1OC(CO)C(O)C(O)C1O)C(O)/C=C/CCCCCCCC. The number of amides is 1. The molecule has 0 aromatic carbocycles. The maximum Gasteiger partial charge on any atom is 0.220 e. The summed E-state index contributed by atoms with van der Waals surface area (Å²) in [5.74, 6) is -0.220. The predicted molar refractivity (Wildman–Crippen MR) is 285 cm³/mol. The van der Waals surface area contributed by atoms with Crippen molar-refractivity contribution in [1.82, 2.24) is 5.32 Å². The van der Waals surface area contributed by atoms with Crippen LogP contribution in [0.4, 0.5) is 0 Å². The maximum absolute atomic E-state index is 12.9.